The number of nitrogens with one attached hydrogen (secondary N) is 1. The lowest BCUT2D eigenvalue weighted by Crippen LogP contribution is -2.35. The van der Waals surface area contributed by atoms with Gasteiger partial charge in [0.25, 0.3) is 0 Å². The highest BCUT2D eigenvalue weighted by Crippen LogP contribution is 2.27. The first kappa shape index (κ1) is 15.7. The zero-order chi connectivity index (χ0) is 14.8. The number of rotatable bonds is 6. The van der Waals surface area contributed by atoms with Gasteiger partial charge in [-0.1, -0.05) is 19.9 Å². The van der Waals surface area contributed by atoms with Crippen molar-refractivity contribution in [2.45, 2.75) is 30.1 Å². The van der Waals surface area contributed by atoms with Crippen LogP contribution in [0.5, 0.6) is 0 Å². The van der Waals surface area contributed by atoms with Crippen LogP contribution in [0, 0.1) is 0 Å². The number of hydrogen-bond donors (Lipinski definition) is 2. The molecule has 0 aliphatic heterocycles. The van der Waals surface area contributed by atoms with Crippen LogP contribution in [0.25, 0.3) is 0 Å². The van der Waals surface area contributed by atoms with Crippen molar-refractivity contribution in [1.82, 2.24) is 4.72 Å². The molecule has 7 heteroatoms. The summed E-state index contributed by atoms with van der Waals surface area (Å²) >= 11 is 2.74. The fourth-order valence-electron chi connectivity index (χ4n) is 1.67. The van der Waals surface area contributed by atoms with Crippen molar-refractivity contribution < 1.29 is 13.5 Å². The summed E-state index contributed by atoms with van der Waals surface area (Å²) in [6.07, 6.45) is 0. The lowest BCUT2D eigenvalue weighted by Gasteiger charge is -2.23. The molecule has 0 saturated carbocycles. The van der Waals surface area contributed by atoms with Gasteiger partial charge in [-0.05, 0) is 28.5 Å². The molecule has 0 radical (unpaired) electrons. The molecule has 20 heavy (non-hydrogen) atoms. The summed E-state index contributed by atoms with van der Waals surface area (Å²) in [4.78, 5) is 1.14. The highest BCUT2D eigenvalue weighted by molar-refractivity contribution is 7.91. The standard InChI is InChI=1S/C13H17NO3S3/c1-13(2,11-4-3-5-18-11)9-14-20(16,17)12-6-10(7-15)8-19-12/h3-6,8,14-15H,7,9H2,1-2H3. The van der Waals surface area contributed by atoms with Gasteiger partial charge in [0, 0.05) is 16.8 Å². The Morgan fingerprint density at radius 1 is 1.35 bits per heavy atom. The van der Waals surface area contributed by atoms with Crippen LogP contribution in [0.4, 0.5) is 0 Å². The molecule has 0 unspecified atom stereocenters. The van der Waals surface area contributed by atoms with E-state index in [2.05, 4.69) is 4.72 Å². The monoisotopic (exact) mass is 331 g/mol. The van der Waals surface area contributed by atoms with Crippen molar-refractivity contribution in [3.05, 3.63) is 39.4 Å². The summed E-state index contributed by atoms with van der Waals surface area (Å²) in [6, 6.07) is 5.47. The summed E-state index contributed by atoms with van der Waals surface area (Å²) in [6.45, 7) is 4.21. The van der Waals surface area contributed by atoms with Gasteiger partial charge in [-0.25, -0.2) is 13.1 Å². The largest absolute Gasteiger partial charge is 0.392 e. The van der Waals surface area contributed by atoms with Gasteiger partial charge < -0.3 is 5.11 Å². The van der Waals surface area contributed by atoms with Crippen molar-refractivity contribution in [3.63, 3.8) is 0 Å². The third-order valence-corrected chi connectivity index (χ3v) is 7.09. The summed E-state index contributed by atoms with van der Waals surface area (Å²) in [5.41, 5.74) is 0.367. The first-order valence-electron chi connectivity index (χ1n) is 6.07. The van der Waals surface area contributed by atoms with E-state index in [1.165, 1.54) is 6.07 Å². The fraction of sp³-hybridized carbons (Fsp3) is 0.385. The topological polar surface area (TPSA) is 66.4 Å². The second-order valence-corrected chi connectivity index (χ2v) is 8.97. The molecule has 0 spiro atoms. The maximum atomic E-state index is 12.2. The van der Waals surface area contributed by atoms with E-state index in [1.807, 2.05) is 31.4 Å². The summed E-state index contributed by atoms with van der Waals surface area (Å²) in [5.74, 6) is 0. The highest BCUT2D eigenvalue weighted by Gasteiger charge is 2.25. The van der Waals surface area contributed by atoms with Crippen molar-refractivity contribution >= 4 is 32.7 Å². The smallest absolute Gasteiger partial charge is 0.250 e. The number of sulfonamides is 1. The highest BCUT2D eigenvalue weighted by atomic mass is 32.2. The Kier molecular flexibility index (Phi) is 4.66. The van der Waals surface area contributed by atoms with E-state index in [9.17, 15) is 8.42 Å². The Morgan fingerprint density at radius 2 is 2.10 bits per heavy atom. The quantitative estimate of drug-likeness (QED) is 0.855. The summed E-state index contributed by atoms with van der Waals surface area (Å²) < 4.78 is 27.3. The summed E-state index contributed by atoms with van der Waals surface area (Å²) in [7, 11) is -3.51. The van der Waals surface area contributed by atoms with Crippen molar-refractivity contribution in [1.29, 1.82) is 0 Å². The van der Waals surface area contributed by atoms with Gasteiger partial charge in [0.2, 0.25) is 10.0 Å². The van der Waals surface area contributed by atoms with Gasteiger partial charge in [0.15, 0.2) is 0 Å². The third-order valence-electron chi connectivity index (χ3n) is 2.97. The predicted octanol–water partition coefficient (Wildman–Crippen LogP) is 2.56. The molecule has 2 rings (SSSR count). The molecule has 0 aliphatic rings. The Hall–Kier alpha value is -0.730. The maximum Gasteiger partial charge on any atom is 0.250 e. The van der Waals surface area contributed by atoms with Gasteiger partial charge >= 0.3 is 0 Å². The molecule has 0 atom stereocenters. The zero-order valence-corrected chi connectivity index (χ0v) is 13.7. The maximum absolute atomic E-state index is 12.2. The SMILES string of the molecule is CC(C)(CNS(=O)(=O)c1cc(CO)cs1)c1cccs1. The number of hydrogen-bond acceptors (Lipinski definition) is 5. The van der Waals surface area contributed by atoms with E-state index in [0.29, 0.717) is 12.1 Å². The molecule has 0 fully saturated rings. The molecule has 2 heterocycles. The average molecular weight is 331 g/mol. The molecular formula is C13H17NO3S3. The van der Waals surface area contributed by atoms with E-state index < -0.39 is 10.0 Å². The molecule has 0 aliphatic carbocycles. The lowest BCUT2D eigenvalue weighted by atomic mass is 9.92. The normalized spacial score (nSPS) is 12.8. The van der Waals surface area contributed by atoms with Gasteiger partial charge in [0.1, 0.15) is 4.21 Å². The van der Waals surface area contributed by atoms with Crippen molar-refractivity contribution in [2.75, 3.05) is 6.54 Å². The Balaban J connectivity index is 2.09. The van der Waals surface area contributed by atoms with Gasteiger partial charge in [-0.2, -0.15) is 0 Å². The minimum absolute atomic E-state index is 0.146. The van der Waals surface area contributed by atoms with Crippen molar-refractivity contribution in [3.8, 4) is 0 Å². The first-order valence-corrected chi connectivity index (χ1v) is 9.31. The molecule has 2 N–H and O–H groups in total. The van der Waals surface area contributed by atoms with Crippen LogP contribution in [0.15, 0.2) is 33.2 Å². The second-order valence-electron chi connectivity index (χ2n) is 5.12. The second kappa shape index (κ2) is 5.95. The van der Waals surface area contributed by atoms with Gasteiger partial charge in [0.05, 0.1) is 6.61 Å². The van der Waals surface area contributed by atoms with Crippen LogP contribution < -0.4 is 4.72 Å². The molecule has 2 aromatic rings. The Bertz CT molecular complexity index is 657. The molecule has 0 amide bonds. The zero-order valence-electron chi connectivity index (χ0n) is 11.3. The van der Waals surface area contributed by atoms with Gasteiger partial charge in [-0.3, -0.25) is 0 Å². The molecule has 4 nitrogen and oxygen atoms in total. The van der Waals surface area contributed by atoms with Crippen LogP contribution in [0.1, 0.15) is 24.3 Å². The number of aliphatic hydroxyl groups is 1. The van der Waals surface area contributed by atoms with E-state index in [-0.39, 0.29) is 16.2 Å². The Morgan fingerprint density at radius 3 is 2.65 bits per heavy atom. The molecule has 0 saturated heterocycles. The van der Waals surface area contributed by atoms with Crippen LogP contribution in [-0.2, 0) is 22.0 Å². The Labute approximate surface area is 127 Å². The van der Waals surface area contributed by atoms with Crippen LogP contribution in [0.2, 0.25) is 0 Å². The van der Waals surface area contributed by atoms with Crippen LogP contribution in [-0.4, -0.2) is 20.1 Å². The number of thiophene rings is 2. The van der Waals surface area contributed by atoms with Crippen LogP contribution >= 0.6 is 22.7 Å². The fourth-order valence-corrected chi connectivity index (χ4v) is 4.98. The first-order chi connectivity index (χ1) is 9.35. The molecule has 0 aromatic carbocycles. The average Bonchev–Trinajstić information content (AvgIpc) is 3.07. The minimum atomic E-state index is -3.51. The van der Waals surface area contributed by atoms with Crippen molar-refractivity contribution in [2.24, 2.45) is 0 Å². The lowest BCUT2D eigenvalue weighted by molar-refractivity contribution is 0.282. The van der Waals surface area contributed by atoms with E-state index >= 15 is 0 Å². The predicted molar refractivity (Wildman–Crippen MR) is 82.8 cm³/mol. The van der Waals surface area contributed by atoms with Crippen LogP contribution in [0.3, 0.4) is 0 Å². The number of aliphatic hydroxyl groups excluding tert-OH is 1. The molecule has 2 aromatic heterocycles. The molecule has 0 bridgehead atoms. The molecular weight excluding hydrogens is 314 g/mol. The summed E-state index contributed by atoms with van der Waals surface area (Å²) in [5, 5.41) is 12.6. The molecule has 110 valence electrons. The minimum Gasteiger partial charge on any atom is -0.392 e. The van der Waals surface area contributed by atoms with E-state index in [4.69, 9.17) is 5.11 Å². The van der Waals surface area contributed by atoms with Gasteiger partial charge in [-0.15, -0.1) is 22.7 Å². The third kappa shape index (κ3) is 3.48. The van der Waals surface area contributed by atoms with E-state index in [0.717, 1.165) is 16.2 Å². The van der Waals surface area contributed by atoms with E-state index in [1.54, 1.807) is 16.7 Å².